The molecule has 1 aliphatic rings. The van der Waals surface area contributed by atoms with Gasteiger partial charge in [-0.05, 0) is 19.3 Å². The molecule has 1 aromatic heterocycles. The highest BCUT2D eigenvalue weighted by molar-refractivity contribution is 5.76. The molecular weight excluding hydrogens is 248 g/mol. The van der Waals surface area contributed by atoms with Crippen molar-refractivity contribution in [3.8, 4) is 0 Å². The maximum Gasteiger partial charge on any atom is 0.306 e. The third kappa shape index (κ3) is 4.04. The number of amides is 1. The molecule has 0 saturated heterocycles. The van der Waals surface area contributed by atoms with Gasteiger partial charge < -0.3 is 10.4 Å². The first-order valence-electron chi connectivity index (χ1n) is 6.49. The van der Waals surface area contributed by atoms with Gasteiger partial charge in [-0.3, -0.25) is 14.3 Å². The van der Waals surface area contributed by atoms with Crippen LogP contribution in [0.5, 0.6) is 0 Å². The van der Waals surface area contributed by atoms with E-state index in [9.17, 15) is 9.59 Å². The van der Waals surface area contributed by atoms with Crippen molar-refractivity contribution in [2.24, 2.45) is 5.92 Å². The van der Waals surface area contributed by atoms with Gasteiger partial charge in [0.15, 0.2) is 0 Å². The molecule has 104 valence electrons. The summed E-state index contributed by atoms with van der Waals surface area (Å²) in [4.78, 5) is 26.5. The Morgan fingerprint density at radius 3 is 2.95 bits per heavy atom. The fourth-order valence-corrected chi connectivity index (χ4v) is 2.41. The summed E-state index contributed by atoms with van der Waals surface area (Å²) in [6, 6.07) is -0.0157. The summed E-state index contributed by atoms with van der Waals surface area (Å²) in [5.74, 6) is -1.15. The Bertz CT molecular complexity index is 432. The van der Waals surface area contributed by atoms with E-state index in [4.69, 9.17) is 5.11 Å². The van der Waals surface area contributed by atoms with Gasteiger partial charge in [0.1, 0.15) is 12.7 Å². The molecule has 2 atom stereocenters. The Kier molecular flexibility index (Phi) is 4.48. The molecule has 1 saturated carbocycles. The van der Waals surface area contributed by atoms with Crippen molar-refractivity contribution in [1.82, 2.24) is 20.1 Å². The van der Waals surface area contributed by atoms with E-state index >= 15 is 0 Å². The van der Waals surface area contributed by atoms with E-state index < -0.39 is 5.97 Å². The van der Waals surface area contributed by atoms with Gasteiger partial charge in [0.05, 0.1) is 12.5 Å². The quantitative estimate of drug-likeness (QED) is 0.805. The smallest absolute Gasteiger partial charge is 0.306 e. The van der Waals surface area contributed by atoms with Crippen molar-refractivity contribution < 1.29 is 14.7 Å². The van der Waals surface area contributed by atoms with Gasteiger partial charge in [-0.2, -0.15) is 5.10 Å². The normalized spacial score (nSPS) is 22.9. The number of aryl methyl sites for hydroxylation is 1. The Labute approximate surface area is 111 Å². The van der Waals surface area contributed by atoms with E-state index in [1.54, 1.807) is 11.0 Å². The molecule has 2 N–H and O–H groups in total. The van der Waals surface area contributed by atoms with E-state index in [2.05, 4.69) is 15.4 Å². The summed E-state index contributed by atoms with van der Waals surface area (Å²) >= 11 is 0. The van der Waals surface area contributed by atoms with Crippen molar-refractivity contribution in [2.75, 3.05) is 0 Å². The van der Waals surface area contributed by atoms with Crippen LogP contribution in [0, 0.1) is 5.92 Å². The highest BCUT2D eigenvalue weighted by Crippen LogP contribution is 2.24. The van der Waals surface area contributed by atoms with E-state index in [1.807, 2.05) is 0 Å². The van der Waals surface area contributed by atoms with Crippen LogP contribution in [0.1, 0.15) is 32.1 Å². The van der Waals surface area contributed by atoms with E-state index in [0.29, 0.717) is 25.8 Å². The fraction of sp³-hybridized carbons (Fsp3) is 0.667. The van der Waals surface area contributed by atoms with Crippen LogP contribution in [0.4, 0.5) is 0 Å². The predicted molar refractivity (Wildman–Crippen MR) is 66.2 cm³/mol. The van der Waals surface area contributed by atoms with Crippen LogP contribution in [-0.4, -0.2) is 37.8 Å². The third-order valence-corrected chi connectivity index (χ3v) is 3.42. The molecule has 19 heavy (non-hydrogen) atoms. The zero-order valence-electron chi connectivity index (χ0n) is 10.7. The van der Waals surface area contributed by atoms with Crippen molar-refractivity contribution in [3.63, 3.8) is 0 Å². The van der Waals surface area contributed by atoms with Gasteiger partial charge in [-0.25, -0.2) is 4.98 Å². The summed E-state index contributed by atoms with van der Waals surface area (Å²) < 4.78 is 1.60. The minimum absolute atomic E-state index is 0.0157. The molecule has 7 heteroatoms. The molecule has 1 aromatic rings. The maximum atomic E-state index is 11.8. The van der Waals surface area contributed by atoms with Gasteiger partial charge in [-0.1, -0.05) is 6.42 Å². The largest absolute Gasteiger partial charge is 0.481 e. The third-order valence-electron chi connectivity index (χ3n) is 3.42. The maximum absolute atomic E-state index is 11.8. The fourth-order valence-electron chi connectivity index (χ4n) is 2.41. The topological polar surface area (TPSA) is 97.1 Å². The molecule has 0 radical (unpaired) electrons. The van der Waals surface area contributed by atoms with Crippen LogP contribution >= 0.6 is 0 Å². The van der Waals surface area contributed by atoms with Gasteiger partial charge in [0.25, 0.3) is 0 Å². The Balaban J connectivity index is 1.74. The van der Waals surface area contributed by atoms with Crippen LogP contribution in [0.25, 0.3) is 0 Å². The van der Waals surface area contributed by atoms with Gasteiger partial charge >= 0.3 is 5.97 Å². The summed E-state index contributed by atoms with van der Waals surface area (Å²) in [6.45, 7) is 0.487. The van der Waals surface area contributed by atoms with Crippen molar-refractivity contribution in [2.45, 2.75) is 44.7 Å². The Morgan fingerprint density at radius 2 is 2.26 bits per heavy atom. The first-order chi connectivity index (χ1) is 9.15. The molecule has 0 aliphatic heterocycles. The number of nitrogens with zero attached hydrogens (tertiary/aromatic N) is 3. The molecule has 0 spiro atoms. The number of aromatic nitrogens is 3. The minimum atomic E-state index is -0.762. The molecule has 0 bridgehead atoms. The molecule has 7 nitrogen and oxygen atoms in total. The predicted octanol–water partition coefficient (Wildman–Crippen LogP) is 0.428. The van der Waals surface area contributed by atoms with Crippen molar-refractivity contribution >= 4 is 11.9 Å². The zero-order valence-corrected chi connectivity index (χ0v) is 10.7. The van der Waals surface area contributed by atoms with Crippen molar-refractivity contribution in [3.05, 3.63) is 12.7 Å². The van der Waals surface area contributed by atoms with Crippen LogP contribution in [0.2, 0.25) is 0 Å². The minimum Gasteiger partial charge on any atom is -0.481 e. The monoisotopic (exact) mass is 266 g/mol. The standard InChI is InChI=1S/C12H18N4O3/c17-11(4-5-16-8-13-7-14-16)15-10-3-1-2-9(6-10)12(18)19/h7-10H,1-6H2,(H,15,17)(H,18,19). The molecule has 1 heterocycles. The lowest BCUT2D eigenvalue weighted by molar-refractivity contribution is -0.143. The number of carbonyl (C=O) groups excluding carboxylic acids is 1. The molecular formula is C12H18N4O3. The van der Waals surface area contributed by atoms with E-state index in [1.165, 1.54) is 6.33 Å². The average Bonchev–Trinajstić information content (AvgIpc) is 2.90. The second kappa shape index (κ2) is 6.31. The first kappa shape index (κ1) is 13.5. The zero-order chi connectivity index (χ0) is 13.7. The highest BCUT2D eigenvalue weighted by Gasteiger charge is 2.27. The summed E-state index contributed by atoms with van der Waals surface area (Å²) in [5.41, 5.74) is 0. The number of carboxylic acids is 1. The van der Waals surface area contributed by atoms with Crippen LogP contribution in [0.15, 0.2) is 12.7 Å². The number of nitrogens with one attached hydrogen (secondary N) is 1. The lowest BCUT2D eigenvalue weighted by atomic mass is 9.86. The van der Waals surface area contributed by atoms with Gasteiger partial charge in [0.2, 0.25) is 5.91 Å². The average molecular weight is 266 g/mol. The van der Waals surface area contributed by atoms with Gasteiger partial charge in [0, 0.05) is 12.5 Å². The van der Waals surface area contributed by atoms with E-state index in [0.717, 1.165) is 12.8 Å². The second-order valence-electron chi connectivity index (χ2n) is 4.87. The number of hydrogen-bond donors (Lipinski definition) is 2. The Hall–Kier alpha value is -1.92. The van der Waals surface area contributed by atoms with E-state index in [-0.39, 0.29) is 17.9 Å². The van der Waals surface area contributed by atoms with Crippen LogP contribution in [-0.2, 0) is 16.1 Å². The molecule has 1 aliphatic carbocycles. The lowest BCUT2D eigenvalue weighted by Gasteiger charge is -2.27. The van der Waals surface area contributed by atoms with Crippen LogP contribution < -0.4 is 5.32 Å². The number of aliphatic carboxylic acids is 1. The molecule has 2 rings (SSSR count). The second-order valence-corrected chi connectivity index (χ2v) is 4.87. The molecule has 0 aromatic carbocycles. The Morgan fingerprint density at radius 1 is 1.42 bits per heavy atom. The number of carboxylic acid groups (broad SMARTS) is 1. The first-order valence-corrected chi connectivity index (χ1v) is 6.49. The van der Waals surface area contributed by atoms with Crippen LogP contribution in [0.3, 0.4) is 0 Å². The molecule has 1 fully saturated rings. The lowest BCUT2D eigenvalue weighted by Crippen LogP contribution is -2.40. The number of hydrogen-bond acceptors (Lipinski definition) is 4. The van der Waals surface area contributed by atoms with Crippen molar-refractivity contribution in [1.29, 1.82) is 0 Å². The summed E-state index contributed by atoms with van der Waals surface area (Å²) in [6.07, 6.45) is 6.28. The van der Waals surface area contributed by atoms with Gasteiger partial charge in [-0.15, -0.1) is 0 Å². The highest BCUT2D eigenvalue weighted by atomic mass is 16.4. The SMILES string of the molecule is O=C(CCn1cncn1)NC1CCCC(C(=O)O)C1. The summed E-state index contributed by atoms with van der Waals surface area (Å²) in [5, 5.41) is 15.8. The summed E-state index contributed by atoms with van der Waals surface area (Å²) in [7, 11) is 0. The molecule has 2 unspecified atom stereocenters. The molecule has 1 amide bonds. The number of rotatable bonds is 5. The number of carbonyl (C=O) groups is 2.